The molecule has 0 bridgehead atoms. The second-order valence-electron chi connectivity index (χ2n) is 6.54. The third kappa shape index (κ3) is 2.95. The minimum Gasteiger partial charge on any atom is -0.468 e. The molecule has 110 valence electrons. The molecule has 0 aromatic heterocycles. The Labute approximate surface area is 116 Å². The van der Waals surface area contributed by atoms with Gasteiger partial charge in [-0.2, -0.15) is 0 Å². The molecule has 2 aliphatic carbocycles. The zero-order chi connectivity index (χ0) is 14.0. The molecule has 0 radical (unpaired) electrons. The van der Waals surface area contributed by atoms with Crippen LogP contribution in [0, 0.1) is 5.92 Å². The average Bonchev–Trinajstić information content (AvgIpc) is 2.81. The van der Waals surface area contributed by atoms with E-state index in [2.05, 4.69) is 18.9 Å². The molecule has 0 saturated heterocycles. The molecule has 0 heterocycles. The summed E-state index contributed by atoms with van der Waals surface area (Å²) in [5.74, 6) is 0.504. The SMILES string of the molecule is COC(=O)C1(N)CCC(N(C)C2CCCCC2C)C1. The number of nitrogens with two attached hydrogens (primary N) is 1. The van der Waals surface area contributed by atoms with Crippen LogP contribution in [0.25, 0.3) is 0 Å². The Morgan fingerprint density at radius 1 is 1.32 bits per heavy atom. The highest BCUT2D eigenvalue weighted by Gasteiger charge is 2.45. The Morgan fingerprint density at radius 2 is 2.00 bits per heavy atom. The van der Waals surface area contributed by atoms with Gasteiger partial charge in [0.25, 0.3) is 0 Å². The third-order valence-corrected chi connectivity index (χ3v) is 5.28. The normalized spacial score (nSPS) is 39.5. The number of methoxy groups -OCH3 is 1. The van der Waals surface area contributed by atoms with Crippen LogP contribution in [0.5, 0.6) is 0 Å². The summed E-state index contributed by atoms with van der Waals surface area (Å²) in [5, 5.41) is 0. The van der Waals surface area contributed by atoms with E-state index in [1.165, 1.54) is 32.8 Å². The van der Waals surface area contributed by atoms with Gasteiger partial charge in [0.2, 0.25) is 0 Å². The molecule has 2 N–H and O–H groups in total. The fraction of sp³-hybridized carbons (Fsp3) is 0.933. The van der Waals surface area contributed by atoms with Crippen LogP contribution in [-0.2, 0) is 9.53 Å². The van der Waals surface area contributed by atoms with E-state index in [1.807, 2.05) is 0 Å². The minimum atomic E-state index is -0.758. The van der Waals surface area contributed by atoms with Gasteiger partial charge in [0.1, 0.15) is 5.54 Å². The largest absolute Gasteiger partial charge is 0.468 e. The molecular formula is C15H28N2O2. The van der Waals surface area contributed by atoms with Gasteiger partial charge in [-0.15, -0.1) is 0 Å². The highest BCUT2D eigenvalue weighted by atomic mass is 16.5. The van der Waals surface area contributed by atoms with Crippen LogP contribution in [0.4, 0.5) is 0 Å². The second-order valence-corrected chi connectivity index (χ2v) is 6.54. The summed E-state index contributed by atoms with van der Waals surface area (Å²) in [4.78, 5) is 14.3. The fourth-order valence-corrected chi connectivity index (χ4v) is 3.96. The number of rotatable bonds is 3. The van der Waals surface area contributed by atoms with Crippen LogP contribution in [0.15, 0.2) is 0 Å². The number of hydrogen-bond acceptors (Lipinski definition) is 4. The number of carbonyl (C=O) groups excluding carboxylic acids is 1. The van der Waals surface area contributed by atoms with Crippen molar-refractivity contribution in [2.45, 2.75) is 69.5 Å². The van der Waals surface area contributed by atoms with Gasteiger partial charge in [-0.05, 0) is 45.1 Å². The van der Waals surface area contributed by atoms with E-state index >= 15 is 0 Å². The zero-order valence-corrected chi connectivity index (χ0v) is 12.5. The summed E-state index contributed by atoms with van der Waals surface area (Å²) in [6.07, 6.45) is 7.78. The van der Waals surface area contributed by atoms with Crippen molar-refractivity contribution in [3.63, 3.8) is 0 Å². The molecule has 4 nitrogen and oxygen atoms in total. The van der Waals surface area contributed by atoms with Gasteiger partial charge in [-0.3, -0.25) is 4.79 Å². The lowest BCUT2D eigenvalue weighted by atomic mass is 9.84. The first-order chi connectivity index (χ1) is 8.98. The molecule has 4 heteroatoms. The highest BCUT2D eigenvalue weighted by molar-refractivity contribution is 5.81. The van der Waals surface area contributed by atoms with Gasteiger partial charge in [0.15, 0.2) is 0 Å². The van der Waals surface area contributed by atoms with E-state index in [0.29, 0.717) is 12.1 Å². The summed E-state index contributed by atoms with van der Waals surface area (Å²) in [6.45, 7) is 2.35. The van der Waals surface area contributed by atoms with Crippen LogP contribution < -0.4 is 5.73 Å². The number of hydrogen-bond donors (Lipinski definition) is 1. The van der Waals surface area contributed by atoms with Crippen molar-refractivity contribution >= 4 is 5.97 Å². The number of nitrogens with zero attached hydrogens (tertiary/aromatic N) is 1. The standard InChI is InChI=1S/C15H28N2O2/c1-11-6-4-5-7-13(11)17(2)12-8-9-15(16,10-12)14(18)19-3/h11-13H,4-10,16H2,1-3H3. The first-order valence-corrected chi connectivity index (χ1v) is 7.57. The molecule has 19 heavy (non-hydrogen) atoms. The average molecular weight is 268 g/mol. The third-order valence-electron chi connectivity index (χ3n) is 5.28. The zero-order valence-electron chi connectivity index (χ0n) is 12.5. The Hall–Kier alpha value is -0.610. The molecule has 0 amide bonds. The summed E-state index contributed by atoms with van der Waals surface area (Å²) in [5.41, 5.74) is 5.45. The molecular weight excluding hydrogens is 240 g/mol. The lowest BCUT2D eigenvalue weighted by Crippen LogP contribution is -2.49. The lowest BCUT2D eigenvalue weighted by Gasteiger charge is -2.40. The van der Waals surface area contributed by atoms with Crippen LogP contribution in [0.2, 0.25) is 0 Å². The molecule has 4 unspecified atom stereocenters. The van der Waals surface area contributed by atoms with Crippen molar-refractivity contribution in [2.24, 2.45) is 11.7 Å². The van der Waals surface area contributed by atoms with Crippen LogP contribution >= 0.6 is 0 Å². The first kappa shape index (κ1) is 14.8. The molecule has 2 rings (SSSR count). The smallest absolute Gasteiger partial charge is 0.325 e. The van der Waals surface area contributed by atoms with E-state index < -0.39 is 5.54 Å². The topological polar surface area (TPSA) is 55.6 Å². The maximum absolute atomic E-state index is 11.8. The minimum absolute atomic E-state index is 0.250. The van der Waals surface area contributed by atoms with Gasteiger partial charge in [-0.1, -0.05) is 19.8 Å². The Bertz CT molecular complexity index is 334. The molecule has 0 aliphatic heterocycles. The Balaban J connectivity index is 1.98. The molecule has 0 aromatic rings. The van der Waals surface area contributed by atoms with Gasteiger partial charge >= 0.3 is 5.97 Å². The lowest BCUT2D eigenvalue weighted by molar-refractivity contribution is -0.147. The maximum atomic E-state index is 11.8. The molecule has 4 atom stereocenters. The Morgan fingerprint density at radius 3 is 2.63 bits per heavy atom. The van der Waals surface area contributed by atoms with E-state index in [-0.39, 0.29) is 5.97 Å². The van der Waals surface area contributed by atoms with Crippen molar-refractivity contribution in [3.05, 3.63) is 0 Å². The predicted molar refractivity (Wildman–Crippen MR) is 75.8 cm³/mol. The monoisotopic (exact) mass is 268 g/mol. The summed E-state index contributed by atoms with van der Waals surface area (Å²) in [7, 11) is 3.64. The van der Waals surface area contributed by atoms with Crippen LogP contribution in [-0.4, -0.2) is 42.6 Å². The van der Waals surface area contributed by atoms with Crippen molar-refractivity contribution in [1.29, 1.82) is 0 Å². The number of carbonyl (C=O) groups is 1. The summed E-state index contributed by atoms with van der Waals surface area (Å²) < 4.78 is 4.85. The summed E-state index contributed by atoms with van der Waals surface area (Å²) in [6, 6.07) is 1.08. The number of ether oxygens (including phenoxy) is 1. The van der Waals surface area contributed by atoms with Crippen LogP contribution in [0.1, 0.15) is 51.9 Å². The van der Waals surface area contributed by atoms with E-state index in [9.17, 15) is 4.79 Å². The molecule has 2 aliphatic rings. The predicted octanol–water partition coefficient (Wildman–Crippen LogP) is 1.92. The van der Waals surface area contributed by atoms with Crippen molar-refractivity contribution in [2.75, 3.05) is 14.2 Å². The highest BCUT2D eigenvalue weighted by Crippen LogP contribution is 2.36. The first-order valence-electron chi connectivity index (χ1n) is 7.57. The van der Waals surface area contributed by atoms with Gasteiger partial charge in [0, 0.05) is 12.1 Å². The number of esters is 1. The van der Waals surface area contributed by atoms with Crippen molar-refractivity contribution in [3.8, 4) is 0 Å². The second kappa shape index (κ2) is 5.80. The maximum Gasteiger partial charge on any atom is 0.325 e. The Kier molecular flexibility index (Phi) is 4.51. The molecule has 0 aromatic carbocycles. The molecule has 0 spiro atoms. The summed E-state index contributed by atoms with van der Waals surface area (Å²) >= 11 is 0. The fourth-order valence-electron chi connectivity index (χ4n) is 3.96. The van der Waals surface area contributed by atoms with Gasteiger partial charge < -0.3 is 15.4 Å². The van der Waals surface area contributed by atoms with Crippen LogP contribution in [0.3, 0.4) is 0 Å². The molecule has 2 fully saturated rings. The van der Waals surface area contributed by atoms with E-state index in [1.54, 1.807) is 0 Å². The van der Waals surface area contributed by atoms with E-state index in [0.717, 1.165) is 25.2 Å². The quantitative estimate of drug-likeness (QED) is 0.795. The van der Waals surface area contributed by atoms with Gasteiger partial charge in [0.05, 0.1) is 7.11 Å². The van der Waals surface area contributed by atoms with Gasteiger partial charge in [-0.25, -0.2) is 0 Å². The molecule has 2 saturated carbocycles. The van der Waals surface area contributed by atoms with Crippen molar-refractivity contribution < 1.29 is 9.53 Å². The van der Waals surface area contributed by atoms with Crippen molar-refractivity contribution in [1.82, 2.24) is 4.90 Å². The van der Waals surface area contributed by atoms with E-state index in [4.69, 9.17) is 10.5 Å².